The van der Waals surface area contributed by atoms with Gasteiger partial charge in [0.25, 0.3) is 0 Å². The summed E-state index contributed by atoms with van der Waals surface area (Å²) in [5, 5.41) is 3.47. The molecule has 0 aliphatic rings. The number of rotatable bonds is 8. The van der Waals surface area contributed by atoms with Gasteiger partial charge < -0.3 is 15.8 Å². The molecule has 2 aromatic rings. The van der Waals surface area contributed by atoms with Crippen molar-refractivity contribution >= 4 is 5.69 Å². The lowest BCUT2D eigenvalue weighted by Gasteiger charge is -2.09. The van der Waals surface area contributed by atoms with Gasteiger partial charge in [-0.1, -0.05) is 36.4 Å². The lowest BCUT2D eigenvalue weighted by atomic mass is 10.1. The molecule has 3 nitrogen and oxygen atoms in total. The van der Waals surface area contributed by atoms with Gasteiger partial charge in [0.1, 0.15) is 5.75 Å². The van der Waals surface area contributed by atoms with E-state index in [-0.39, 0.29) is 0 Å². The number of hydrogen-bond donors (Lipinski definition) is 2. The fraction of sp³-hybridized carbons (Fsp3) is 0.333. The summed E-state index contributed by atoms with van der Waals surface area (Å²) in [4.78, 5) is 0. The molecule has 0 heterocycles. The number of ether oxygens (including phenoxy) is 1. The summed E-state index contributed by atoms with van der Waals surface area (Å²) >= 11 is 0. The standard InChI is InChI=1S/C18H24N2O/c1-2-21-18-9-8-16(14-17(18)19)11-13-20-12-10-15-6-4-3-5-7-15/h3-9,14,20H,2,10-13,19H2,1H3. The Balaban J connectivity index is 1.70. The Bertz CT molecular complexity index is 540. The zero-order chi connectivity index (χ0) is 14.9. The lowest BCUT2D eigenvalue weighted by Crippen LogP contribution is -2.20. The smallest absolute Gasteiger partial charge is 0.142 e. The van der Waals surface area contributed by atoms with Crippen LogP contribution in [0.5, 0.6) is 5.75 Å². The normalized spacial score (nSPS) is 10.5. The topological polar surface area (TPSA) is 47.3 Å². The molecule has 0 amide bonds. The molecule has 0 aliphatic carbocycles. The summed E-state index contributed by atoms with van der Waals surface area (Å²) in [6.07, 6.45) is 2.04. The molecule has 0 radical (unpaired) electrons. The van der Waals surface area contributed by atoms with Crippen LogP contribution in [-0.4, -0.2) is 19.7 Å². The highest BCUT2D eigenvalue weighted by atomic mass is 16.5. The highest BCUT2D eigenvalue weighted by Crippen LogP contribution is 2.22. The molecule has 3 heteroatoms. The summed E-state index contributed by atoms with van der Waals surface area (Å²) < 4.78 is 5.44. The SMILES string of the molecule is CCOc1ccc(CCNCCc2ccccc2)cc1N. The van der Waals surface area contributed by atoms with Crippen LogP contribution in [0.25, 0.3) is 0 Å². The number of benzene rings is 2. The van der Waals surface area contributed by atoms with E-state index in [1.807, 2.05) is 25.1 Å². The van der Waals surface area contributed by atoms with E-state index in [0.717, 1.165) is 37.4 Å². The summed E-state index contributed by atoms with van der Waals surface area (Å²) in [5.41, 5.74) is 9.30. The van der Waals surface area contributed by atoms with Crippen LogP contribution >= 0.6 is 0 Å². The average molecular weight is 284 g/mol. The summed E-state index contributed by atoms with van der Waals surface area (Å²) in [6.45, 7) is 4.56. The summed E-state index contributed by atoms with van der Waals surface area (Å²) in [7, 11) is 0. The quantitative estimate of drug-likeness (QED) is 0.578. The van der Waals surface area contributed by atoms with Gasteiger partial charge in [0, 0.05) is 0 Å². The first kappa shape index (κ1) is 15.4. The first-order chi connectivity index (χ1) is 10.3. The Kier molecular flexibility index (Phi) is 6.10. The van der Waals surface area contributed by atoms with Gasteiger partial charge in [-0.2, -0.15) is 0 Å². The first-order valence-corrected chi connectivity index (χ1v) is 7.55. The van der Waals surface area contributed by atoms with Crippen molar-refractivity contribution < 1.29 is 4.74 Å². The molecule has 0 atom stereocenters. The van der Waals surface area contributed by atoms with Crippen molar-refractivity contribution in [3.8, 4) is 5.75 Å². The zero-order valence-electron chi connectivity index (χ0n) is 12.6. The van der Waals surface area contributed by atoms with Crippen LogP contribution in [0.4, 0.5) is 5.69 Å². The van der Waals surface area contributed by atoms with Crippen LogP contribution in [0.15, 0.2) is 48.5 Å². The highest BCUT2D eigenvalue weighted by molar-refractivity contribution is 5.54. The molecule has 0 saturated heterocycles. The Morgan fingerprint density at radius 2 is 1.67 bits per heavy atom. The molecule has 0 saturated carbocycles. The maximum Gasteiger partial charge on any atom is 0.142 e. The number of nitrogens with two attached hydrogens (primary N) is 1. The average Bonchev–Trinajstić information content (AvgIpc) is 2.51. The third kappa shape index (κ3) is 5.12. The van der Waals surface area contributed by atoms with Crippen molar-refractivity contribution in [1.29, 1.82) is 0 Å². The second-order valence-corrected chi connectivity index (χ2v) is 5.04. The van der Waals surface area contributed by atoms with E-state index in [1.54, 1.807) is 0 Å². The molecule has 3 N–H and O–H groups in total. The van der Waals surface area contributed by atoms with Crippen LogP contribution < -0.4 is 15.8 Å². The van der Waals surface area contributed by atoms with Gasteiger partial charge in [-0.05, 0) is 56.1 Å². The van der Waals surface area contributed by atoms with Crippen molar-refractivity contribution in [3.63, 3.8) is 0 Å². The first-order valence-electron chi connectivity index (χ1n) is 7.55. The molecule has 0 spiro atoms. The predicted octanol–water partition coefficient (Wildman–Crippen LogP) is 3.04. The molecule has 0 aromatic heterocycles. The minimum atomic E-state index is 0.643. The van der Waals surface area contributed by atoms with Crippen LogP contribution in [0, 0.1) is 0 Å². The van der Waals surface area contributed by atoms with E-state index < -0.39 is 0 Å². The molecule has 0 unspecified atom stereocenters. The second-order valence-electron chi connectivity index (χ2n) is 5.04. The minimum absolute atomic E-state index is 0.643. The molecular formula is C18H24N2O. The Morgan fingerprint density at radius 3 is 2.33 bits per heavy atom. The zero-order valence-corrected chi connectivity index (χ0v) is 12.6. The largest absolute Gasteiger partial charge is 0.492 e. The number of nitrogens with one attached hydrogen (secondary N) is 1. The van der Waals surface area contributed by atoms with Crippen LogP contribution in [0.1, 0.15) is 18.1 Å². The Morgan fingerprint density at radius 1 is 0.952 bits per heavy atom. The van der Waals surface area contributed by atoms with E-state index in [1.165, 1.54) is 11.1 Å². The second kappa shape index (κ2) is 8.32. The number of anilines is 1. The minimum Gasteiger partial charge on any atom is -0.492 e. The molecule has 112 valence electrons. The van der Waals surface area contributed by atoms with Gasteiger partial charge in [0.05, 0.1) is 12.3 Å². The molecule has 2 rings (SSSR count). The summed E-state index contributed by atoms with van der Waals surface area (Å²) in [6, 6.07) is 16.6. The maximum absolute atomic E-state index is 5.97. The highest BCUT2D eigenvalue weighted by Gasteiger charge is 2.01. The molecule has 0 aliphatic heterocycles. The van der Waals surface area contributed by atoms with E-state index in [9.17, 15) is 0 Å². The molecule has 0 fully saturated rings. The van der Waals surface area contributed by atoms with Gasteiger partial charge in [-0.25, -0.2) is 0 Å². The maximum atomic E-state index is 5.97. The Hall–Kier alpha value is -2.00. The van der Waals surface area contributed by atoms with E-state index >= 15 is 0 Å². The summed E-state index contributed by atoms with van der Waals surface area (Å²) in [5.74, 6) is 0.776. The van der Waals surface area contributed by atoms with E-state index in [2.05, 4.69) is 35.6 Å². The van der Waals surface area contributed by atoms with Gasteiger partial charge in [-0.3, -0.25) is 0 Å². The molecule has 0 bridgehead atoms. The van der Waals surface area contributed by atoms with Crippen molar-refractivity contribution in [2.75, 3.05) is 25.4 Å². The fourth-order valence-corrected chi connectivity index (χ4v) is 2.28. The number of nitrogen functional groups attached to an aromatic ring is 1. The van der Waals surface area contributed by atoms with Crippen LogP contribution in [0.2, 0.25) is 0 Å². The van der Waals surface area contributed by atoms with Crippen molar-refractivity contribution in [1.82, 2.24) is 5.32 Å². The lowest BCUT2D eigenvalue weighted by molar-refractivity contribution is 0.342. The third-order valence-corrected chi connectivity index (χ3v) is 3.40. The van der Waals surface area contributed by atoms with Gasteiger partial charge >= 0.3 is 0 Å². The van der Waals surface area contributed by atoms with E-state index in [0.29, 0.717) is 6.61 Å². The van der Waals surface area contributed by atoms with Gasteiger partial charge in [0.2, 0.25) is 0 Å². The van der Waals surface area contributed by atoms with Crippen LogP contribution in [0.3, 0.4) is 0 Å². The number of hydrogen-bond acceptors (Lipinski definition) is 3. The van der Waals surface area contributed by atoms with Gasteiger partial charge in [-0.15, -0.1) is 0 Å². The predicted molar refractivity (Wildman–Crippen MR) is 88.7 cm³/mol. The fourth-order valence-electron chi connectivity index (χ4n) is 2.28. The monoisotopic (exact) mass is 284 g/mol. The van der Waals surface area contributed by atoms with Gasteiger partial charge in [0.15, 0.2) is 0 Å². The molecule has 2 aromatic carbocycles. The Labute approximate surface area is 127 Å². The van der Waals surface area contributed by atoms with Crippen LogP contribution in [-0.2, 0) is 12.8 Å². The molecule has 21 heavy (non-hydrogen) atoms. The third-order valence-electron chi connectivity index (χ3n) is 3.40. The van der Waals surface area contributed by atoms with E-state index in [4.69, 9.17) is 10.5 Å². The van der Waals surface area contributed by atoms with Crippen molar-refractivity contribution in [2.45, 2.75) is 19.8 Å². The van der Waals surface area contributed by atoms with Crippen molar-refractivity contribution in [2.24, 2.45) is 0 Å². The molecular weight excluding hydrogens is 260 g/mol. The van der Waals surface area contributed by atoms with Crippen molar-refractivity contribution in [3.05, 3.63) is 59.7 Å².